The van der Waals surface area contributed by atoms with Crippen LogP contribution >= 0.6 is 22.6 Å². The SMILES string of the molecule is COCC1(COC)C[C@H](CI)[C@H](CC(F)(F)C(F)(F)C(F)(F)C(F)(F)C(F)(F)C(F)(F)F)C1. The van der Waals surface area contributed by atoms with Crippen molar-refractivity contribution in [3.05, 3.63) is 0 Å². The van der Waals surface area contributed by atoms with Crippen LogP contribution in [0, 0.1) is 17.3 Å². The minimum Gasteiger partial charge on any atom is -0.384 e. The Hall–Kier alpha value is -0.260. The zero-order chi connectivity index (χ0) is 26.3. The van der Waals surface area contributed by atoms with Crippen LogP contribution in [-0.4, -0.2) is 67.6 Å². The van der Waals surface area contributed by atoms with E-state index in [0.29, 0.717) is 0 Å². The number of halogens is 14. The van der Waals surface area contributed by atoms with Crippen LogP contribution in [0.1, 0.15) is 19.3 Å². The summed E-state index contributed by atoms with van der Waals surface area (Å²) in [6, 6.07) is 0. The molecular formula is C17H20F13IO2. The van der Waals surface area contributed by atoms with Crippen LogP contribution in [-0.2, 0) is 9.47 Å². The van der Waals surface area contributed by atoms with Gasteiger partial charge < -0.3 is 9.47 Å². The summed E-state index contributed by atoms with van der Waals surface area (Å²) in [6.45, 7) is -0.225. The Morgan fingerprint density at radius 1 is 0.667 bits per heavy atom. The Kier molecular flexibility index (Phi) is 9.00. The van der Waals surface area contributed by atoms with Crippen molar-refractivity contribution in [1.82, 2.24) is 0 Å². The topological polar surface area (TPSA) is 18.5 Å². The maximum absolute atomic E-state index is 14.3. The molecular weight excluding hydrogens is 610 g/mol. The van der Waals surface area contributed by atoms with E-state index in [-0.39, 0.29) is 30.5 Å². The second kappa shape index (κ2) is 9.65. The Labute approximate surface area is 193 Å². The molecule has 0 heterocycles. The molecule has 0 N–H and O–H groups in total. The third-order valence-corrected chi connectivity index (χ3v) is 6.80. The lowest BCUT2D eigenvalue weighted by Crippen LogP contribution is -2.70. The number of rotatable bonds is 11. The summed E-state index contributed by atoms with van der Waals surface area (Å²) >= 11 is 1.69. The molecule has 198 valence electrons. The van der Waals surface area contributed by atoms with Crippen molar-refractivity contribution in [2.45, 2.75) is 55.1 Å². The van der Waals surface area contributed by atoms with Crippen LogP contribution in [0.15, 0.2) is 0 Å². The fraction of sp³-hybridized carbons (Fsp3) is 1.00. The maximum Gasteiger partial charge on any atom is 0.460 e. The van der Waals surface area contributed by atoms with Crippen LogP contribution in [0.2, 0.25) is 0 Å². The summed E-state index contributed by atoms with van der Waals surface area (Å²) in [4.78, 5) is 0. The first-order valence-electron chi connectivity index (χ1n) is 9.10. The predicted molar refractivity (Wildman–Crippen MR) is 96.7 cm³/mol. The largest absolute Gasteiger partial charge is 0.460 e. The molecule has 16 heteroatoms. The Morgan fingerprint density at radius 3 is 1.42 bits per heavy atom. The van der Waals surface area contributed by atoms with Gasteiger partial charge in [0.25, 0.3) is 0 Å². The molecule has 1 fully saturated rings. The first-order chi connectivity index (χ1) is 14.6. The van der Waals surface area contributed by atoms with Gasteiger partial charge in [0.05, 0.1) is 13.2 Å². The van der Waals surface area contributed by atoms with Crippen molar-refractivity contribution in [3.8, 4) is 0 Å². The molecule has 0 aromatic carbocycles. The van der Waals surface area contributed by atoms with Gasteiger partial charge in [-0.05, 0) is 24.7 Å². The van der Waals surface area contributed by atoms with Gasteiger partial charge in [0.15, 0.2) is 0 Å². The minimum atomic E-state index is -7.88. The van der Waals surface area contributed by atoms with E-state index in [2.05, 4.69) is 0 Å². The number of hydrogen-bond donors (Lipinski definition) is 0. The van der Waals surface area contributed by atoms with Gasteiger partial charge in [-0.15, -0.1) is 0 Å². The number of methoxy groups -OCH3 is 2. The Morgan fingerprint density at radius 2 is 1.06 bits per heavy atom. The molecule has 0 aliphatic heterocycles. The highest BCUT2D eigenvalue weighted by atomic mass is 127. The molecule has 1 rings (SSSR count). The first-order valence-corrected chi connectivity index (χ1v) is 10.6. The molecule has 1 aliphatic rings. The molecule has 1 aliphatic carbocycles. The fourth-order valence-electron chi connectivity index (χ4n) is 4.10. The van der Waals surface area contributed by atoms with Gasteiger partial charge >= 0.3 is 35.8 Å². The smallest absolute Gasteiger partial charge is 0.384 e. The van der Waals surface area contributed by atoms with Gasteiger partial charge in [0.1, 0.15) is 0 Å². The number of hydrogen-bond acceptors (Lipinski definition) is 2. The lowest BCUT2D eigenvalue weighted by Gasteiger charge is -2.40. The van der Waals surface area contributed by atoms with E-state index in [0.717, 1.165) is 0 Å². The third-order valence-electron chi connectivity index (χ3n) is 5.67. The minimum absolute atomic E-state index is 0.0396. The van der Waals surface area contributed by atoms with E-state index >= 15 is 0 Å². The molecule has 1 saturated carbocycles. The molecule has 0 radical (unpaired) electrons. The van der Waals surface area contributed by atoms with E-state index in [1.807, 2.05) is 0 Å². The van der Waals surface area contributed by atoms with Gasteiger partial charge in [0, 0.05) is 30.5 Å². The quantitative estimate of drug-likeness (QED) is 0.141. The van der Waals surface area contributed by atoms with Crippen molar-refractivity contribution < 1.29 is 66.5 Å². The summed E-state index contributed by atoms with van der Waals surface area (Å²) in [5.74, 6) is -39.0. The van der Waals surface area contributed by atoms with Gasteiger partial charge in [-0.3, -0.25) is 0 Å². The molecule has 0 aromatic rings. The van der Waals surface area contributed by atoms with Crippen molar-refractivity contribution in [3.63, 3.8) is 0 Å². The molecule has 0 amide bonds. The van der Waals surface area contributed by atoms with E-state index in [9.17, 15) is 57.1 Å². The van der Waals surface area contributed by atoms with Crippen molar-refractivity contribution in [1.29, 1.82) is 0 Å². The molecule has 0 saturated heterocycles. The molecule has 33 heavy (non-hydrogen) atoms. The van der Waals surface area contributed by atoms with E-state index in [4.69, 9.17) is 9.47 Å². The normalized spacial score (nSPS) is 23.3. The van der Waals surface area contributed by atoms with E-state index < -0.39 is 59.5 Å². The Balaban J connectivity index is 3.35. The molecule has 0 bridgehead atoms. The highest BCUT2D eigenvalue weighted by molar-refractivity contribution is 14.1. The number of alkyl halides is 14. The van der Waals surface area contributed by atoms with Gasteiger partial charge in [-0.25, -0.2) is 0 Å². The zero-order valence-corrected chi connectivity index (χ0v) is 19.2. The molecule has 2 atom stereocenters. The van der Waals surface area contributed by atoms with Gasteiger partial charge in [-0.1, -0.05) is 22.6 Å². The van der Waals surface area contributed by atoms with Crippen LogP contribution in [0.3, 0.4) is 0 Å². The monoisotopic (exact) mass is 630 g/mol. The summed E-state index contributed by atoms with van der Waals surface area (Å²) < 4.78 is 183. The third kappa shape index (κ3) is 5.16. The lowest BCUT2D eigenvalue weighted by molar-refractivity contribution is -0.440. The van der Waals surface area contributed by atoms with Crippen molar-refractivity contribution in [2.24, 2.45) is 17.3 Å². The standard InChI is InChI=1S/C17H20F13IO2/c1-32-7-11(8-33-2)3-9(10(4-11)6-31)5-12(18,19)13(20,21)14(22,23)15(24,25)16(26,27)17(28,29)30/h9-10H,3-8H2,1-2H3/t9-,10+/m0/s1. The fourth-order valence-corrected chi connectivity index (χ4v) is 5.13. The summed E-state index contributed by atoms with van der Waals surface area (Å²) in [5.41, 5.74) is -1.01. The van der Waals surface area contributed by atoms with Gasteiger partial charge in [-0.2, -0.15) is 57.1 Å². The average Bonchev–Trinajstić information content (AvgIpc) is 2.97. The highest BCUT2D eigenvalue weighted by Crippen LogP contribution is 2.62. The summed E-state index contributed by atoms with van der Waals surface area (Å²) in [5, 5.41) is 0. The maximum atomic E-state index is 14.3. The van der Waals surface area contributed by atoms with Crippen molar-refractivity contribution in [2.75, 3.05) is 31.9 Å². The lowest BCUT2D eigenvalue weighted by atomic mass is 9.84. The highest BCUT2D eigenvalue weighted by Gasteiger charge is 2.90. The average molecular weight is 630 g/mol. The Bertz CT molecular complexity index is 660. The van der Waals surface area contributed by atoms with E-state index in [1.54, 1.807) is 22.6 Å². The molecule has 2 nitrogen and oxygen atoms in total. The second-order valence-electron chi connectivity index (χ2n) is 8.15. The van der Waals surface area contributed by atoms with Crippen LogP contribution in [0.5, 0.6) is 0 Å². The van der Waals surface area contributed by atoms with Crippen LogP contribution in [0.25, 0.3) is 0 Å². The van der Waals surface area contributed by atoms with Crippen LogP contribution < -0.4 is 0 Å². The summed E-state index contributed by atoms with van der Waals surface area (Å²) in [6.07, 6.45) is -9.88. The van der Waals surface area contributed by atoms with Gasteiger partial charge in [0.2, 0.25) is 0 Å². The zero-order valence-electron chi connectivity index (χ0n) is 17.0. The second-order valence-corrected chi connectivity index (χ2v) is 9.03. The van der Waals surface area contributed by atoms with Crippen molar-refractivity contribution >= 4 is 22.6 Å². The van der Waals surface area contributed by atoms with E-state index in [1.165, 1.54) is 14.2 Å². The molecule has 0 unspecified atom stereocenters. The predicted octanol–water partition coefficient (Wildman–Crippen LogP) is 6.86. The molecule has 0 spiro atoms. The summed E-state index contributed by atoms with van der Waals surface area (Å²) in [7, 11) is 2.46. The van der Waals surface area contributed by atoms with Crippen LogP contribution in [0.4, 0.5) is 57.1 Å². The number of ether oxygens (including phenoxy) is 2. The molecule has 0 aromatic heterocycles. The first kappa shape index (κ1) is 30.8.